The summed E-state index contributed by atoms with van der Waals surface area (Å²) in [6, 6.07) is 26.3. The van der Waals surface area contributed by atoms with E-state index in [-0.39, 0.29) is 151 Å². The van der Waals surface area contributed by atoms with Gasteiger partial charge in [-0.25, -0.2) is 27.3 Å². The van der Waals surface area contributed by atoms with Crippen LogP contribution in [0, 0.1) is 0 Å². The predicted octanol–water partition coefficient (Wildman–Crippen LogP) is 2.43. The smallest absolute Gasteiger partial charge is 1.00 e. The molecule has 1 aliphatic rings. The van der Waals surface area contributed by atoms with E-state index in [0.717, 1.165) is 56.2 Å². The summed E-state index contributed by atoms with van der Waals surface area (Å²) < 4.78 is 29.8. The van der Waals surface area contributed by atoms with Crippen molar-refractivity contribution in [3.8, 4) is 22.3 Å². The Kier molecular flexibility index (Phi) is 16.9. The molecule has 0 spiro atoms. The van der Waals surface area contributed by atoms with E-state index < -0.39 is 10.0 Å². The van der Waals surface area contributed by atoms with Crippen LogP contribution in [0.1, 0.15) is 18.1 Å². The molecule has 336 valence electrons. The third kappa shape index (κ3) is 10.2. The summed E-state index contributed by atoms with van der Waals surface area (Å²) in [5, 5.41) is 13.7. The van der Waals surface area contributed by atoms with E-state index in [1.165, 1.54) is 48.1 Å². The number of pyridine rings is 6. The largest absolute Gasteiger partial charge is 1.00 e. The summed E-state index contributed by atoms with van der Waals surface area (Å²) in [5.74, 6) is 0. The molecule has 0 fully saturated rings. The maximum atomic E-state index is 13.2. The Morgan fingerprint density at radius 1 is 0.586 bits per heavy atom. The number of carbonyl (C=O) groups excluding carboxylic acids is 1. The molecule has 0 saturated heterocycles. The molecular weight excluding hydrogens is 1140 g/mol. The van der Waals surface area contributed by atoms with Gasteiger partial charge in [-0.15, -0.1) is 0 Å². The third-order valence-corrected chi connectivity index (χ3v) is 13.3. The van der Waals surface area contributed by atoms with Crippen LogP contribution in [-0.4, -0.2) is 68.3 Å². The molecule has 0 saturated carbocycles. The fraction of sp³-hybridized carbons (Fsp3) is 0.0392. The van der Waals surface area contributed by atoms with Crippen LogP contribution in [0.15, 0.2) is 183 Å². The standard InChI is InChI=1S/C20H14N4O2S.C15H12N4.C15H11N3.CH2O3.2Cs.H/c25-27(26,14-5-2-1-3-6-14)24-13-18(15-8-10-21-12-19(15)24)17-11-23-20-16(17)7-4-9-22-20;1-19-9-13(10-4-6-16-8-14(10)19)12-7-18-15-11(12)3-2-5-17-15;1-2-13-14(9-18-15(13)17-6-1)12-4-3-10-8-16-7-5-11(10)12;2-1-4-3;;;/h1-13H,(H,22,23);2-9H,1H3,(H,17,18);1-2,4-9H,3H2,(H,17,18);1,3H;;;/q;;;;2*+1;-1/p-1. The fourth-order valence-corrected chi connectivity index (χ4v) is 9.95. The van der Waals surface area contributed by atoms with E-state index in [1.54, 1.807) is 61.3 Å². The Morgan fingerprint density at radius 2 is 1.09 bits per heavy atom. The molecule has 11 heterocycles. The molecule has 0 radical (unpaired) electrons. The Morgan fingerprint density at radius 3 is 1.67 bits per heavy atom. The summed E-state index contributed by atoms with van der Waals surface area (Å²) in [4.78, 5) is 46.6. The number of benzene rings is 1. The van der Waals surface area contributed by atoms with Crippen molar-refractivity contribution in [2.45, 2.75) is 11.3 Å². The molecular formula is C51H39Cs2N11O5S. The monoisotopic (exact) mass is 1180 g/mol. The molecule has 70 heavy (non-hydrogen) atoms. The minimum absolute atomic E-state index is 0. The van der Waals surface area contributed by atoms with Crippen molar-refractivity contribution >= 4 is 77.0 Å². The zero-order chi connectivity index (χ0) is 46.6. The van der Waals surface area contributed by atoms with Gasteiger partial charge in [0.15, 0.2) is 0 Å². The molecule has 1 aliphatic carbocycles. The van der Waals surface area contributed by atoms with Crippen LogP contribution in [-0.2, 0) is 33.2 Å². The second-order valence-corrected chi connectivity index (χ2v) is 17.3. The van der Waals surface area contributed by atoms with Gasteiger partial charge in [0.05, 0.1) is 28.3 Å². The number of nitrogens with zero attached hydrogens (tertiary/aromatic N) is 8. The summed E-state index contributed by atoms with van der Waals surface area (Å²) in [6.45, 7) is -0.181. The SMILES string of the molecule is C1=C(c2c[nH]c3ncccc23)c2ccncc2C1.Cn1cc(-c2c[nH]c3ncccc23)c2ccncc21.O=CO[O-].O=S(=O)(c1ccccc1)n1cc(-c2c[nH]c3ncccc23)c2ccncc21.[Cs+].[Cs+].[H-]. The first-order chi connectivity index (χ1) is 33.4. The van der Waals surface area contributed by atoms with Crippen LogP contribution in [0.5, 0.6) is 0 Å². The van der Waals surface area contributed by atoms with Crippen molar-refractivity contribution in [2.24, 2.45) is 7.05 Å². The number of rotatable bonds is 6. The minimum Gasteiger partial charge on any atom is -1.00 e. The van der Waals surface area contributed by atoms with Gasteiger partial charge in [-0.1, -0.05) is 24.3 Å². The predicted molar refractivity (Wildman–Crippen MR) is 259 cm³/mol. The first-order valence-electron chi connectivity index (χ1n) is 21.1. The number of aromatic nitrogens is 11. The van der Waals surface area contributed by atoms with Gasteiger partial charge < -0.3 is 31.1 Å². The number of H-pyrrole nitrogens is 3. The van der Waals surface area contributed by atoms with Crippen LogP contribution in [0.2, 0.25) is 0 Å². The quantitative estimate of drug-likeness (QED) is 0.125. The van der Waals surface area contributed by atoms with Crippen LogP contribution in [0.4, 0.5) is 0 Å². The van der Waals surface area contributed by atoms with Gasteiger partial charge >= 0.3 is 138 Å². The van der Waals surface area contributed by atoms with Gasteiger partial charge in [-0.05, 0) is 89.9 Å². The number of nitrogens with one attached hydrogen (secondary N) is 3. The maximum Gasteiger partial charge on any atom is 1.00 e. The van der Waals surface area contributed by atoms with Crippen molar-refractivity contribution in [3.63, 3.8) is 0 Å². The Balaban J connectivity index is 0.000000151. The molecule has 0 unspecified atom stereocenters. The molecule has 13 rings (SSSR count). The average Bonchev–Trinajstić information content (AvgIpc) is 4.27. The van der Waals surface area contributed by atoms with Crippen LogP contribution in [0.25, 0.3) is 82.7 Å². The van der Waals surface area contributed by atoms with Gasteiger partial charge in [-0.2, -0.15) is 0 Å². The molecule has 16 nitrogen and oxygen atoms in total. The van der Waals surface area contributed by atoms with E-state index in [0.29, 0.717) is 5.52 Å². The van der Waals surface area contributed by atoms with Gasteiger partial charge in [0.1, 0.15) is 16.9 Å². The van der Waals surface area contributed by atoms with Crippen LogP contribution in [0.3, 0.4) is 0 Å². The normalized spacial score (nSPS) is 11.5. The molecule has 0 aliphatic heterocycles. The van der Waals surface area contributed by atoms with E-state index in [4.69, 9.17) is 10.1 Å². The minimum atomic E-state index is -3.74. The average molecular weight is 1180 g/mol. The zero-order valence-corrected chi connectivity index (χ0v) is 51.4. The van der Waals surface area contributed by atoms with Crippen molar-refractivity contribution in [1.82, 2.24) is 53.4 Å². The Labute approximate surface area is 519 Å². The molecule has 0 bridgehead atoms. The van der Waals surface area contributed by atoms with E-state index in [1.807, 2.05) is 87.0 Å². The number of aromatic amines is 3. The molecule has 19 heteroatoms. The molecule has 0 atom stereocenters. The summed E-state index contributed by atoms with van der Waals surface area (Å²) in [5.41, 5.74) is 13.5. The van der Waals surface area contributed by atoms with Crippen molar-refractivity contribution in [3.05, 3.63) is 194 Å². The van der Waals surface area contributed by atoms with Gasteiger partial charge in [0.25, 0.3) is 16.5 Å². The van der Waals surface area contributed by atoms with E-state index >= 15 is 0 Å². The molecule has 11 aromatic heterocycles. The third-order valence-electron chi connectivity index (χ3n) is 11.6. The first kappa shape index (κ1) is 51.4. The number of allylic oxidation sites excluding steroid dienone is 1. The summed E-state index contributed by atoms with van der Waals surface area (Å²) in [6.07, 6.45) is 29.0. The van der Waals surface area contributed by atoms with Crippen molar-refractivity contribution in [1.29, 1.82) is 0 Å². The summed E-state index contributed by atoms with van der Waals surface area (Å²) in [7, 11) is -1.70. The van der Waals surface area contributed by atoms with E-state index in [2.05, 4.69) is 90.8 Å². The van der Waals surface area contributed by atoms with Gasteiger partial charge in [-0.3, -0.25) is 19.7 Å². The molecule has 1 aromatic carbocycles. The van der Waals surface area contributed by atoms with Gasteiger partial charge in [0, 0.05) is 136 Å². The summed E-state index contributed by atoms with van der Waals surface area (Å²) >= 11 is 0. The Hall–Kier alpha value is -4.96. The second kappa shape index (κ2) is 23.1. The number of fused-ring (bicyclic) bond motifs is 6. The Bertz CT molecular complexity index is 3930. The number of hydrogen-bond acceptors (Lipinski definition) is 11. The van der Waals surface area contributed by atoms with Gasteiger partial charge in [0.2, 0.25) is 0 Å². The second-order valence-electron chi connectivity index (χ2n) is 15.4. The topological polar surface area (TPSA) is 218 Å². The zero-order valence-electron chi connectivity index (χ0n) is 39.1. The van der Waals surface area contributed by atoms with Crippen LogP contribution >= 0.6 is 0 Å². The molecule has 12 aromatic rings. The molecule has 0 amide bonds. The first-order valence-corrected chi connectivity index (χ1v) is 22.6. The van der Waals surface area contributed by atoms with Crippen molar-refractivity contribution in [2.75, 3.05) is 0 Å². The molecule has 3 N–H and O–H groups in total. The number of aryl methyl sites for hydroxylation is 1. The van der Waals surface area contributed by atoms with Crippen molar-refractivity contribution < 1.29 is 163 Å². The van der Waals surface area contributed by atoms with Crippen LogP contribution < -0.4 is 143 Å². The fourth-order valence-electron chi connectivity index (χ4n) is 8.57. The van der Waals surface area contributed by atoms with E-state index in [9.17, 15) is 8.42 Å². The maximum absolute atomic E-state index is 13.2. The number of carbonyl (C=O) groups is 1. The number of hydrogen-bond donors (Lipinski definition) is 3.